The van der Waals surface area contributed by atoms with Crippen LogP contribution in [-0.2, 0) is 20.0 Å². The van der Waals surface area contributed by atoms with Crippen LogP contribution in [0.5, 0.6) is 0 Å². The van der Waals surface area contributed by atoms with E-state index in [4.69, 9.17) is 0 Å². The lowest BCUT2D eigenvalue weighted by molar-refractivity contribution is 0.593. The summed E-state index contributed by atoms with van der Waals surface area (Å²) in [7, 11) is -6.37. The topological polar surface area (TPSA) is 83.6 Å². The van der Waals surface area contributed by atoms with Gasteiger partial charge in [0.1, 0.15) is 0 Å². The van der Waals surface area contributed by atoms with Crippen molar-refractivity contribution < 1.29 is 16.8 Å². The molecule has 0 unspecified atom stereocenters. The van der Waals surface area contributed by atoms with E-state index in [-0.39, 0.29) is 9.79 Å². The molecule has 0 amide bonds. The van der Waals surface area contributed by atoms with Gasteiger partial charge in [-0.15, -0.1) is 0 Å². The minimum Gasteiger partial charge on any atom is -0.280 e. The maximum atomic E-state index is 13.1. The van der Waals surface area contributed by atoms with Gasteiger partial charge in [0.25, 0.3) is 20.0 Å². The first-order chi connectivity index (χ1) is 14.4. The van der Waals surface area contributed by atoms with E-state index >= 15 is 0 Å². The summed E-state index contributed by atoms with van der Waals surface area (Å²) < 4.78 is 56.9. The van der Waals surface area contributed by atoms with Crippen LogP contribution in [0.2, 0.25) is 0 Å². The fourth-order valence-electron chi connectivity index (χ4n) is 3.18. The Morgan fingerprint density at radius 1 is 0.806 bits per heavy atom. The monoisotopic (exact) mass is 522 g/mol. The molecule has 9 heteroatoms. The van der Waals surface area contributed by atoms with Gasteiger partial charge in [0, 0.05) is 17.2 Å². The maximum Gasteiger partial charge on any atom is 0.264 e. The van der Waals surface area contributed by atoms with Crippen molar-refractivity contribution in [1.29, 1.82) is 0 Å². The molecule has 0 saturated heterocycles. The number of aryl methyl sites for hydroxylation is 3. The Labute approximate surface area is 192 Å². The number of benzene rings is 3. The van der Waals surface area contributed by atoms with Crippen molar-refractivity contribution in [2.24, 2.45) is 0 Å². The zero-order chi connectivity index (χ0) is 23.0. The number of anilines is 2. The van der Waals surface area contributed by atoms with Gasteiger partial charge in [-0.1, -0.05) is 39.7 Å². The quantitative estimate of drug-likeness (QED) is 0.493. The Morgan fingerprint density at radius 3 is 1.97 bits per heavy atom. The smallest absolute Gasteiger partial charge is 0.264 e. The predicted octanol–water partition coefficient (Wildman–Crippen LogP) is 5.00. The van der Waals surface area contributed by atoms with Gasteiger partial charge in [0.2, 0.25) is 0 Å². The van der Waals surface area contributed by atoms with E-state index in [0.29, 0.717) is 22.5 Å². The summed E-state index contributed by atoms with van der Waals surface area (Å²) in [4.78, 5) is 0.153. The molecule has 0 aromatic heterocycles. The minimum atomic E-state index is -3.93. The molecule has 3 aromatic rings. The Kier molecular flexibility index (Phi) is 6.50. The molecule has 0 bridgehead atoms. The van der Waals surface area contributed by atoms with E-state index in [1.807, 2.05) is 6.92 Å². The zero-order valence-electron chi connectivity index (χ0n) is 17.5. The van der Waals surface area contributed by atoms with Gasteiger partial charge in [-0.3, -0.25) is 9.03 Å². The molecule has 1 N–H and O–H groups in total. The van der Waals surface area contributed by atoms with Crippen LogP contribution < -0.4 is 9.03 Å². The van der Waals surface area contributed by atoms with Gasteiger partial charge in [-0.05, 0) is 74.4 Å². The third kappa shape index (κ3) is 4.94. The first-order valence-corrected chi connectivity index (χ1v) is 13.1. The lowest BCUT2D eigenvalue weighted by Crippen LogP contribution is -2.28. The molecule has 0 fully saturated rings. The third-order valence-electron chi connectivity index (χ3n) is 4.90. The fourth-order valence-corrected chi connectivity index (χ4v) is 6.00. The van der Waals surface area contributed by atoms with E-state index < -0.39 is 20.0 Å². The van der Waals surface area contributed by atoms with Gasteiger partial charge in [-0.25, -0.2) is 16.8 Å². The Morgan fingerprint density at radius 2 is 1.39 bits per heavy atom. The van der Waals surface area contributed by atoms with Crippen LogP contribution in [0, 0.1) is 20.8 Å². The largest absolute Gasteiger partial charge is 0.280 e. The summed E-state index contributed by atoms with van der Waals surface area (Å²) in [5.74, 6) is 0. The number of rotatable bonds is 6. The second kappa shape index (κ2) is 8.64. The maximum absolute atomic E-state index is 13.1. The number of nitrogens with one attached hydrogen (secondary N) is 1. The molecule has 164 valence electrons. The highest BCUT2D eigenvalue weighted by Crippen LogP contribution is 2.31. The van der Waals surface area contributed by atoms with E-state index in [1.165, 1.54) is 25.2 Å². The first kappa shape index (κ1) is 23.3. The summed E-state index contributed by atoms with van der Waals surface area (Å²) in [5.41, 5.74) is 2.82. The molecule has 0 saturated carbocycles. The van der Waals surface area contributed by atoms with E-state index in [1.54, 1.807) is 56.3 Å². The molecular weight excluding hydrogens is 500 g/mol. The van der Waals surface area contributed by atoms with Crippen LogP contribution >= 0.6 is 15.9 Å². The summed E-state index contributed by atoms with van der Waals surface area (Å²) in [6.45, 7) is 5.31. The van der Waals surface area contributed by atoms with Gasteiger partial charge in [0.15, 0.2) is 0 Å². The number of sulfonamides is 2. The summed E-state index contributed by atoms with van der Waals surface area (Å²) in [5, 5.41) is 0. The molecule has 0 radical (unpaired) electrons. The van der Waals surface area contributed by atoms with Crippen LogP contribution in [-0.4, -0.2) is 23.9 Å². The van der Waals surface area contributed by atoms with Crippen molar-refractivity contribution in [3.8, 4) is 0 Å². The van der Waals surface area contributed by atoms with E-state index in [9.17, 15) is 16.8 Å². The van der Waals surface area contributed by atoms with Crippen molar-refractivity contribution in [1.82, 2.24) is 0 Å². The lowest BCUT2D eigenvalue weighted by atomic mass is 10.1. The van der Waals surface area contributed by atoms with Crippen LogP contribution in [0.3, 0.4) is 0 Å². The molecular formula is C22H23BrN2O4S2. The van der Waals surface area contributed by atoms with Crippen LogP contribution in [0.15, 0.2) is 74.9 Å². The third-order valence-corrected chi connectivity index (χ3v) is 8.74. The van der Waals surface area contributed by atoms with Crippen molar-refractivity contribution in [2.45, 2.75) is 30.6 Å². The lowest BCUT2D eigenvalue weighted by Gasteiger charge is -2.23. The fraction of sp³-hybridized carbons (Fsp3) is 0.182. The normalized spacial score (nSPS) is 11.9. The molecule has 0 aliphatic carbocycles. The van der Waals surface area contributed by atoms with Gasteiger partial charge in [0.05, 0.1) is 15.5 Å². The van der Waals surface area contributed by atoms with Crippen LogP contribution in [0.25, 0.3) is 0 Å². The first-order valence-electron chi connectivity index (χ1n) is 9.37. The molecule has 3 aromatic carbocycles. The average Bonchev–Trinajstić information content (AvgIpc) is 2.69. The summed E-state index contributed by atoms with van der Waals surface area (Å²) >= 11 is 3.32. The minimum absolute atomic E-state index is 0.0157. The van der Waals surface area contributed by atoms with E-state index in [0.717, 1.165) is 14.3 Å². The second-order valence-corrected chi connectivity index (χ2v) is 11.8. The number of halogens is 1. The standard InChI is InChI=1S/C22H23BrN2O4S2/c1-15-5-11-20(12-6-15)31(28,29)25(4)21-14-22(17(3)13-16(21)2)30(26,27)24-19-9-7-18(23)8-10-19/h5-14,24H,1-4H3. The van der Waals surface area contributed by atoms with Crippen LogP contribution in [0.4, 0.5) is 11.4 Å². The van der Waals surface area contributed by atoms with Crippen molar-refractivity contribution >= 4 is 47.4 Å². The Balaban J connectivity index is 2.04. The van der Waals surface area contributed by atoms with Gasteiger partial charge >= 0.3 is 0 Å². The SMILES string of the molecule is Cc1ccc(S(=O)(=O)N(C)c2cc(S(=O)(=O)Nc3ccc(Br)cc3)c(C)cc2C)cc1. The number of nitrogens with zero attached hydrogens (tertiary/aromatic N) is 1. The molecule has 0 atom stereocenters. The molecule has 0 aliphatic rings. The number of hydrogen-bond donors (Lipinski definition) is 1. The van der Waals surface area contributed by atoms with Crippen molar-refractivity contribution in [2.75, 3.05) is 16.1 Å². The van der Waals surface area contributed by atoms with Crippen molar-refractivity contribution in [3.63, 3.8) is 0 Å². The molecule has 0 aliphatic heterocycles. The summed E-state index contributed by atoms with van der Waals surface area (Å²) in [6.07, 6.45) is 0. The number of hydrogen-bond acceptors (Lipinski definition) is 4. The van der Waals surface area contributed by atoms with Crippen LogP contribution in [0.1, 0.15) is 16.7 Å². The molecule has 6 nitrogen and oxygen atoms in total. The van der Waals surface area contributed by atoms with Gasteiger partial charge < -0.3 is 0 Å². The highest BCUT2D eigenvalue weighted by Gasteiger charge is 2.26. The molecule has 3 rings (SSSR count). The van der Waals surface area contributed by atoms with Gasteiger partial charge in [-0.2, -0.15) is 0 Å². The average molecular weight is 523 g/mol. The highest BCUT2D eigenvalue weighted by atomic mass is 79.9. The molecule has 0 spiro atoms. The summed E-state index contributed by atoms with van der Waals surface area (Å²) in [6, 6.07) is 16.3. The van der Waals surface area contributed by atoms with Crippen molar-refractivity contribution in [3.05, 3.63) is 81.8 Å². The molecule has 0 heterocycles. The van der Waals surface area contributed by atoms with E-state index in [2.05, 4.69) is 20.7 Å². The predicted molar refractivity (Wildman–Crippen MR) is 128 cm³/mol. The zero-order valence-corrected chi connectivity index (χ0v) is 20.8. The second-order valence-electron chi connectivity index (χ2n) is 7.30. The Bertz CT molecular complexity index is 1320. The highest BCUT2D eigenvalue weighted by molar-refractivity contribution is 9.10. The Hall–Kier alpha value is -2.36. The molecule has 31 heavy (non-hydrogen) atoms.